The van der Waals surface area contributed by atoms with Crippen LogP contribution in [0.1, 0.15) is 13.8 Å². The van der Waals surface area contributed by atoms with Gasteiger partial charge in [-0.05, 0) is 24.3 Å². The van der Waals surface area contributed by atoms with E-state index < -0.39 is 17.5 Å². The fraction of sp³-hybridized carbons (Fsp3) is 0.214. The first-order valence-corrected chi connectivity index (χ1v) is 6.43. The van der Waals surface area contributed by atoms with E-state index in [4.69, 9.17) is 0 Å². The van der Waals surface area contributed by atoms with Crippen molar-refractivity contribution >= 4 is 23.2 Å². The molecule has 2 rings (SSSR count). The summed E-state index contributed by atoms with van der Waals surface area (Å²) in [6.45, 7) is 3.45. The van der Waals surface area contributed by atoms with Crippen molar-refractivity contribution in [1.82, 2.24) is 10.2 Å². The normalized spacial score (nSPS) is 10.6. The summed E-state index contributed by atoms with van der Waals surface area (Å²) >= 11 is 0. The standard InChI is InChI=1S/C14H13F3N4O/c1-7(2)14(22)19-11-6-5-10(20-21-11)18-9-4-3-8(15)12(16)13(9)17/h3-7H,1-2H3,(H,18,20)(H,19,21,22). The number of hydrogen-bond donors (Lipinski definition) is 2. The molecule has 2 N–H and O–H groups in total. The number of nitrogens with one attached hydrogen (secondary N) is 2. The maximum Gasteiger partial charge on any atom is 0.228 e. The SMILES string of the molecule is CC(C)C(=O)Nc1ccc(Nc2ccc(F)c(F)c2F)nn1. The second-order valence-corrected chi connectivity index (χ2v) is 4.80. The molecule has 22 heavy (non-hydrogen) atoms. The van der Waals surface area contributed by atoms with E-state index >= 15 is 0 Å². The van der Waals surface area contributed by atoms with Crippen LogP contribution >= 0.6 is 0 Å². The summed E-state index contributed by atoms with van der Waals surface area (Å²) in [5.41, 5.74) is -0.271. The molecule has 0 bridgehead atoms. The maximum absolute atomic E-state index is 13.5. The summed E-state index contributed by atoms with van der Waals surface area (Å²) in [4.78, 5) is 11.5. The molecule has 2 aromatic rings. The van der Waals surface area contributed by atoms with Gasteiger partial charge >= 0.3 is 0 Å². The molecule has 0 spiro atoms. The Labute approximate surface area is 124 Å². The van der Waals surface area contributed by atoms with E-state index in [1.165, 1.54) is 12.1 Å². The van der Waals surface area contributed by atoms with Gasteiger partial charge in [-0.25, -0.2) is 13.2 Å². The third-order valence-corrected chi connectivity index (χ3v) is 2.74. The molecule has 8 heteroatoms. The van der Waals surface area contributed by atoms with Crippen LogP contribution in [0.4, 0.5) is 30.5 Å². The van der Waals surface area contributed by atoms with Crippen molar-refractivity contribution in [3.8, 4) is 0 Å². The number of amides is 1. The van der Waals surface area contributed by atoms with Gasteiger partial charge in [0.25, 0.3) is 0 Å². The number of aromatic nitrogens is 2. The number of benzene rings is 1. The Hall–Kier alpha value is -2.64. The van der Waals surface area contributed by atoms with E-state index in [2.05, 4.69) is 20.8 Å². The Morgan fingerprint density at radius 1 is 1.00 bits per heavy atom. The molecule has 0 atom stereocenters. The second kappa shape index (κ2) is 6.42. The van der Waals surface area contributed by atoms with Gasteiger partial charge < -0.3 is 10.6 Å². The zero-order valence-electron chi connectivity index (χ0n) is 11.8. The third-order valence-electron chi connectivity index (χ3n) is 2.74. The van der Waals surface area contributed by atoms with Gasteiger partial charge in [0, 0.05) is 5.92 Å². The first kappa shape index (κ1) is 15.7. The summed E-state index contributed by atoms with van der Waals surface area (Å²) in [5.74, 6) is -4.28. The van der Waals surface area contributed by atoms with Crippen LogP contribution in [0.25, 0.3) is 0 Å². The molecule has 0 saturated carbocycles. The molecule has 0 saturated heterocycles. The van der Waals surface area contributed by atoms with Gasteiger partial charge in [0.05, 0.1) is 5.69 Å². The number of carbonyl (C=O) groups excluding carboxylic acids is 1. The first-order chi connectivity index (χ1) is 10.4. The number of nitrogens with zero attached hydrogens (tertiary/aromatic N) is 2. The van der Waals surface area contributed by atoms with Gasteiger partial charge in [-0.1, -0.05) is 13.8 Å². The predicted octanol–water partition coefficient (Wildman–Crippen LogP) is 3.23. The van der Waals surface area contributed by atoms with Gasteiger partial charge in [0.15, 0.2) is 29.1 Å². The maximum atomic E-state index is 13.5. The van der Waals surface area contributed by atoms with E-state index in [1.807, 2.05) is 0 Å². The van der Waals surface area contributed by atoms with Crippen LogP contribution in [0.15, 0.2) is 24.3 Å². The van der Waals surface area contributed by atoms with Crippen molar-refractivity contribution < 1.29 is 18.0 Å². The lowest BCUT2D eigenvalue weighted by molar-refractivity contribution is -0.118. The Morgan fingerprint density at radius 3 is 2.23 bits per heavy atom. The summed E-state index contributed by atoms with van der Waals surface area (Å²) in [6, 6.07) is 4.71. The number of anilines is 3. The van der Waals surface area contributed by atoms with E-state index in [9.17, 15) is 18.0 Å². The average Bonchev–Trinajstić information content (AvgIpc) is 2.49. The van der Waals surface area contributed by atoms with Crippen LogP contribution in [0.2, 0.25) is 0 Å². The number of carbonyl (C=O) groups is 1. The predicted molar refractivity (Wildman–Crippen MR) is 75.1 cm³/mol. The fourth-order valence-corrected chi connectivity index (χ4v) is 1.50. The highest BCUT2D eigenvalue weighted by Gasteiger charge is 2.14. The molecule has 1 aromatic carbocycles. The lowest BCUT2D eigenvalue weighted by atomic mass is 10.2. The summed E-state index contributed by atoms with van der Waals surface area (Å²) in [6.07, 6.45) is 0. The molecule has 1 aromatic heterocycles. The van der Waals surface area contributed by atoms with Crippen LogP contribution in [-0.2, 0) is 4.79 Å². The van der Waals surface area contributed by atoms with E-state index in [-0.39, 0.29) is 29.1 Å². The Kier molecular flexibility index (Phi) is 4.59. The van der Waals surface area contributed by atoms with Crippen molar-refractivity contribution in [2.45, 2.75) is 13.8 Å². The number of halogens is 3. The quantitative estimate of drug-likeness (QED) is 0.851. The zero-order valence-corrected chi connectivity index (χ0v) is 11.8. The van der Waals surface area contributed by atoms with Crippen molar-refractivity contribution in [2.75, 3.05) is 10.6 Å². The highest BCUT2D eigenvalue weighted by atomic mass is 19.2. The van der Waals surface area contributed by atoms with Crippen LogP contribution in [-0.4, -0.2) is 16.1 Å². The summed E-state index contributed by atoms with van der Waals surface area (Å²) < 4.78 is 39.4. The second-order valence-electron chi connectivity index (χ2n) is 4.80. The van der Waals surface area contributed by atoms with Crippen molar-refractivity contribution in [1.29, 1.82) is 0 Å². The Balaban J connectivity index is 2.12. The molecule has 0 fully saturated rings. The topological polar surface area (TPSA) is 66.9 Å². The minimum absolute atomic E-state index is 0.118. The largest absolute Gasteiger partial charge is 0.336 e. The summed E-state index contributed by atoms with van der Waals surface area (Å²) in [7, 11) is 0. The lowest BCUT2D eigenvalue weighted by Gasteiger charge is -2.09. The Morgan fingerprint density at radius 2 is 1.64 bits per heavy atom. The molecule has 116 valence electrons. The molecule has 0 radical (unpaired) electrons. The molecule has 5 nitrogen and oxygen atoms in total. The third kappa shape index (κ3) is 3.51. The van der Waals surface area contributed by atoms with Crippen LogP contribution in [0, 0.1) is 23.4 Å². The molecule has 1 amide bonds. The molecular formula is C14H13F3N4O. The van der Waals surface area contributed by atoms with E-state index in [0.717, 1.165) is 12.1 Å². The molecule has 0 unspecified atom stereocenters. The molecular weight excluding hydrogens is 297 g/mol. The fourth-order valence-electron chi connectivity index (χ4n) is 1.50. The minimum atomic E-state index is -1.57. The zero-order chi connectivity index (χ0) is 16.3. The molecule has 0 aliphatic carbocycles. The van der Waals surface area contributed by atoms with Gasteiger partial charge in [0.2, 0.25) is 5.91 Å². The minimum Gasteiger partial charge on any atom is -0.336 e. The smallest absolute Gasteiger partial charge is 0.228 e. The Bertz CT molecular complexity index is 689. The van der Waals surface area contributed by atoms with Crippen molar-refractivity contribution in [3.05, 3.63) is 41.7 Å². The molecule has 0 aliphatic rings. The van der Waals surface area contributed by atoms with E-state index in [0.29, 0.717) is 0 Å². The monoisotopic (exact) mass is 310 g/mol. The van der Waals surface area contributed by atoms with Gasteiger partial charge in [-0.2, -0.15) is 0 Å². The van der Waals surface area contributed by atoms with E-state index in [1.54, 1.807) is 13.8 Å². The summed E-state index contributed by atoms with van der Waals surface area (Å²) in [5, 5.41) is 12.5. The van der Waals surface area contributed by atoms with Crippen LogP contribution in [0.3, 0.4) is 0 Å². The average molecular weight is 310 g/mol. The lowest BCUT2D eigenvalue weighted by Crippen LogP contribution is -2.18. The van der Waals surface area contributed by atoms with Gasteiger partial charge in [-0.3, -0.25) is 4.79 Å². The highest BCUT2D eigenvalue weighted by Crippen LogP contribution is 2.22. The molecule has 1 heterocycles. The number of hydrogen-bond acceptors (Lipinski definition) is 4. The first-order valence-electron chi connectivity index (χ1n) is 6.43. The number of rotatable bonds is 4. The van der Waals surface area contributed by atoms with Crippen molar-refractivity contribution in [3.63, 3.8) is 0 Å². The van der Waals surface area contributed by atoms with Gasteiger partial charge in [0.1, 0.15) is 0 Å². The van der Waals surface area contributed by atoms with Crippen LogP contribution in [0.5, 0.6) is 0 Å². The van der Waals surface area contributed by atoms with Crippen LogP contribution < -0.4 is 10.6 Å². The molecule has 0 aliphatic heterocycles. The van der Waals surface area contributed by atoms with Crippen molar-refractivity contribution in [2.24, 2.45) is 5.92 Å². The highest BCUT2D eigenvalue weighted by molar-refractivity contribution is 5.91. The van der Waals surface area contributed by atoms with Gasteiger partial charge in [-0.15, -0.1) is 10.2 Å².